The first-order valence-electron chi connectivity index (χ1n) is 6.96. The number of anilines is 1. The van der Waals surface area contributed by atoms with Crippen LogP contribution in [-0.2, 0) is 14.3 Å². The van der Waals surface area contributed by atoms with Crippen LogP contribution in [0, 0.1) is 11.8 Å². The smallest absolute Gasteiger partial charge is 0.310 e. The Morgan fingerprint density at radius 1 is 1.09 bits per heavy atom. The Labute approximate surface area is 126 Å². The molecule has 22 heavy (non-hydrogen) atoms. The molecule has 1 aromatic rings. The van der Waals surface area contributed by atoms with Crippen LogP contribution in [0.3, 0.4) is 0 Å². The Balaban J connectivity index is 1.85. The monoisotopic (exact) mass is 301 g/mol. The molecular weight excluding hydrogens is 286 g/mol. The first-order chi connectivity index (χ1) is 10.5. The molecule has 0 radical (unpaired) electrons. The van der Waals surface area contributed by atoms with E-state index in [-0.39, 0.29) is 5.78 Å². The van der Waals surface area contributed by atoms with E-state index < -0.39 is 35.9 Å². The summed E-state index contributed by atoms with van der Waals surface area (Å²) in [7, 11) is 0. The molecule has 3 rings (SSSR count). The van der Waals surface area contributed by atoms with Crippen LogP contribution in [0.1, 0.15) is 17.3 Å². The van der Waals surface area contributed by atoms with E-state index in [2.05, 4.69) is 5.32 Å². The first-order valence-corrected chi connectivity index (χ1v) is 6.96. The molecule has 1 saturated heterocycles. The number of ketones is 1. The standard InChI is InChI=1S/C16H15NO5/c1-8(18)9-4-2-3-5-10(9)17-15(19)13-11-6-7-12(22-11)14(13)16(20)21/h2-7,11-14H,1H3,(H,17,19)(H,20,21)/t11-,12-,13+,14-/m1/s1. The quantitative estimate of drug-likeness (QED) is 0.649. The molecule has 2 heterocycles. The van der Waals surface area contributed by atoms with E-state index in [1.165, 1.54) is 6.92 Å². The number of carbonyl (C=O) groups is 3. The summed E-state index contributed by atoms with van der Waals surface area (Å²) in [6, 6.07) is 6.64. The van der Waals surface area contributed by atoms with Crippen LogP contribution < -0.4 is 5.32 Å². The van der Waals surface area contributed by atoms with Crippen LogP contribution in [0.25, 0.3) is 0 Å². The van der Waals surface area contributed by atoms with Gasteiger partial charge in [-0.2, -0.15) is 0 Å². The molecule has 2 aliphatic rings. The van der Waals surface area contributed by atoms with Gasteiger partial charge >= 0.3 is 5.97 Å². The van der Waals surface area contributed by atoms with Crippen LogP contribution in [-0.4, -0.2) is 35.0 Å². The molecule has 6 nitrogen and oxygen atoms in total. The highest BCUT2D eigenvalue weighted by molar-refractivity contribution is 6.05. The van der Waals surface area contributed by atoms with Gasteiger partial charge in [-0.05, 0) is 19.1 Å². The minimum Gasteiger partial charge on any atom is -0.481 e. The number of para-hydroxylation sites is 1. The maximum absolute atomic E-state index is 12.5. The molecule has 1 aromatic carbocycles. The van der Waals surface area contributed by atoms with Crippen molar-refractivity contribution in [2.24, 2.45) is 11.8 Å². The van der Waals surface area contributed by atoms with E-state index in [4.69, 9.17) is 4.74 Å². The molecular formula is C16H15NO5. The fourth-order valence-electron chi connectivity index (χ4n) is 3.03. The number of hydrogen-bond donors (Lipinski definition) is 2. The predicted octanol–water partition coefficient (Wildman–Crippen LogP) is 1.48. The summed E-state index contributed by atoms with van der Waals surface area (Å²) in [6.07, 6.45) is 2.29. The summed E-state index contributed by atoms with van der Waals surface area (Å²) in [4.78, 5) is 35.5. The van der Waals surface area contributed by atoms with Gasteiger partial charge in [0.1, 0.15) is 5.92 Å². The second-order valence-electron chi connectivity index (χ2n) is 5.43. The van der Waals surface area contributed by atoms with Crippen LogP contribution >= 0.6 is 0 Å². The van der Waals surface area contributed by atoms with E-state index in [1.54, 1.807) is 36.4 Å². The van der Waals surface area contributed by atoms with Crippen molar-refractivity contribution >= 4 is 23.3 Å². The van der Waals surface area contributed by atoms with Crippen molar-refractivity contribution in [1.29, 1.82) is 0 Å². The van der Waals surface area contributed by atoms with Gasteiger partial charge in [0.2, 0.25) is 5.91 Å². The summed E-state index contributed by atoms with van der Waals surface area (Å²) >= 11 is 0. The van der Waals surface area contributed by atoms with Crippen LogP contribution in [0.4, 0.5) is 5.69 Å². The lowest BCUT2D eigenvalue weighted by molar-refractivity contribution is -0.145. The lowest BCUT2D eigenvalue weighted by atomic mass is 9.82. The molecule has 6 heteroatoms. The van der Waals surface area contributed by atoms with Gasteiger partial charge in [0.25, 0.3) is 0 Å². The predicted molar refractivity (Wildman–Crippen MR) is 77.5 cm³/mol. The van der Waals surface area contributed by atoms with Gasteiger partial charge in [0.05, 0.1) is 23.8 Å². The zero-order valence-corrected chi connectivity index (χ0v) is 11.9. The number of benzene rings is 1. The van der Waals surface area contributed by atoms with Crippen molar-refractivity contribution in [1.82, 2.24) is 0 Å². The zero-order chi connectivity index (χ0) is 15.9. The second kappa shape index (κ2) is 5.38. The zero-order valence-electron chi connectivity index (χ0n) is 11.9. The molecule has 0 unspecified atom stereocenters. The number of hydrogen-bond acceptors (Lipinski definition) is 4. The summed E-state index contributed by atoms with van der Waals surface area (Å²) < 4.78 is 5.48. The van der Waals surface area contributed by atoms with Crippen LogP contribution in [0.5, 0.6) is 0 Å². The summed E-state index contributed by atoms with van der Waals surface area (Å²) in [6.45, 7) is 1.41. The largest absolute Gasteiger partial charge is 0.481 e. The first kappa shape index (κ1) is 14.5. The highest BCUT2D eigenvalue weighted by atomic mass is 16.5. The van der Waals surface area contributed by atoms with Crippen molar-refractivity contribution in [3.63, 3.8) is 0 Å². The van der Waals surface area contributed by atoms with Gasteiger partial charge in [0, 0.05) is 5.56 Å². The van der Waals surface area contributed by atoms with Crippen molar-refractivity contribution in [3.8, 4) is 0 Å². The third kappa shape index (κ3) is 2.31. The average Bonchev–Trinajstić information content (AvgIpc) is 3.08. The molecule has 0 saturated carbocycles. The number of ether oxygens (including phenoxy) is 1. The SMILES string of the molecule is CC(=O)c1ccccc1NC(=O)[C@@H]1[C@H](C(=O)O)[C@H]2C=C[C@H]1O2. The number of aliphatic carboxylic acids is 1. The molecule has 1 fully saturated rings. The van der Waals surface area contributed by atoms with Crippen LogP contribution in [0.15, 0.2) is 36.4 Å². The minimum atomic E-state index is -1.06. The van der Waals surface area contributed by atoms with Gasteiger partial charge in [-0.3, -0.25) is 14.4 Å². The summed E-state index contributed by atoms with van der Waals surface area (Å²) in [5.41, 5.74) is 0.776. The molecule has 114 valence electrons. The highest BCUT2D eigenvalue weighted by Crippen LogP contribution is 2.40. The van der Waals surface area contributed by atoms with E-state index >= 15 is 0 Å². The van der Waals surface area contributed by atoms with Crippen LogP contribution in [0.2, 0.25) is 0 Å². The number of fused-ring (bicyclic) bond motifs is 2. The third-order valence-corrected chi connectivity index (χ3v) is 4.05. The van der Waals surface area contributed by atoms with Crippen molar-refractivity contribution in [3.05, 3.63) is 42.0 Å². The van der Waals surface area contributed by atoms with Gasteiger partial charge < -0.3 is 15.2 Å². The van der Waals surface area contributed by atoms with Gasteiger partial charge in [-0.1, -0.05) is 24.3 Å². The highest BCUT2D eigenvalue weighted by Gasteiger charge is 2.53. The number of carboxylic acid groups (broad SMARTS) is 1. The van der Waals surface area contributed by atoms with E-state index in [9.17, 15) is 19.5 Å². The number of rotatable bonds is 4. The lowest BCUT2D eigenvalue weighted by Gasteiger charge is -2.21. The Morgan fingerprint density at radius 3 is 2.36 bits per heavy atom. The maximum Gasteiger partial charge on any atom is 0.310 e. The number of Topliss-reactive ketones (excluding diaryl/α,β-unsaturated/α-hetero) is 1. The summed E-state index contributed by atoms with van der Waals surface area (Å²) in [5.74, 6) is -3.38. The molecule has 1 amide bonds. The van der Waals surface area contributed by atoms with Gasteiger partial charge in [-0.25, -0.2) is 0 Å². The topological polar surface area (TPSA) is 92.7 Å². The third-order valence-electron chi connectivity index (χ3n) is 4.05. The van der Waals surface area contributed by atoms with Crippen molar-refractivity contribution < 1.29 is 24.2 Å². The molecule has 2 aliphatic heterocycles. The Morgan fingerprint density at radius 2 is 1.73 bits per heavy atom. The minimum absolute atomic E-state index is 0.172. The fraction of sp³-hybridized carbons (Fsp3) is 0.312. The Kier molecular flexibility index (Phi) is 3.54. The molecule has 2 bridgehead atoms. The maximum atomic E-state index is 12.5. The van der Waals surface area contributed by atoms with E-state index in [0.29, 0.717) is 11.3 Å². The molecule has 4 atom stereocenters. The number of carbonyl (C=O) groups excluding carboxylic acids is 2. The fourth-order valence-corrected chi connectivity index (χ4v) is 3.03. The Bertz CT molecular complexity index is 681. The summed E-state index contributed by atoms with van der Waals surface area (Å²) in [5, 5.41) is 12.0. The van der Waals surface area contributed by atoms with Gasteiger partial charge in [-0.15, -0.1) is 0 Å². The second-order valence-corrected chi connectivity index (χ2v) is 5.43. The molecule has 0 spiro atoms. The number of nitrogens with one attached hydrogen (secondary N) is 1. The molecule has 2 N–H and O–H groups in total. The molecule has 0 aliphatic carbocycles. The van der Waals surface area contributed by atoms with E-state index in [1.807, 2.05) is 0 Å². The normalized spacial score (nSPS) is 28.6. The van der Waals surface area contributed by atoms with Crippen molar-refractivity contribution in [2.75, 3.05) is 5.32 Å². The van der Waals surface area contributed by atoms with Crippen molar-refractivity contribution in [2.45, 2.75) is 19.1 Å². The molecule has 0 aromatic heterocycles. The van der Waals surface area contributed by atoms with Gasteiger partial charge in [0.15, 0.2) is 5.78 Å². The Hall–Kier alpha value is -2.47. The van der Waals surface area contributed by atoms with E-state index in [0.717, 1.165) is 0 Å². The lowest BCUT2D eigenvalue weighted by Crippen LogP contribution is -2.39. The number of carboxylic acids is 1. The number of amides is 1. The average molecular weight is 301 g/mol.